The molecule has 0 aromatic heterocycles. The van der Waals surface area contributed by atoms with Gasteiger partial charge in [0.05, 0.1) is 0 Å². The third-order valence-electron chi connectivity index (χ3n) is 5.60. The average molecular weight is 345 g/mol. The quantitative estimate of drug-likeness (QED) is 0.802. The number of carbonyl (C=O) groups is 2. The second kappa shape index (κ2) is 6.94. The molecule has 1 aromatic carbocycles. The zero-order valence-corrected chi connectivity index (χ0v) is 14.2. The van der Waals surface area contributed by atoms with Crippen molar-refractivity contribution in [3.8, 4) is 11.5 Å². The third kappa shape index (κ3) is 3.72. The summed E-state index contributed by atoms with van der Waals surface area (Å²) in [5.74, 6) is 2.82. The van der Waals surface area contributed by atoms with Crippen LogP contribution in [0.2, 0.25) is 0 Å². The largest absolute Gasteiger partial charge is 0.456 e. The van der Waals surface area contributed by atoms with Crippen LogP contribution >= 0.6 is 0 Å². The molecular formula is C19H23NO5. The molecule has 2 aliphatic carbocycles. The number of nitrogens with one attached hydrogen (secondary N) is 1. The van der Waals surface area contributed by atoms with E-state index < -0.39 is 0 Å². The van der Waals surface area contributed by atoms with Gasteiger partial charge in [-0.15, -0.1) is 0 Å². The summed E-state index contributed by atoms with van der Waals surface area (Å²) >= 11 is 0. The second-order valence-electron chi connectivity index (χ2n) is 7.26. The van der Waals surface area contributed by atoms with Crippen LogP contribution in [0.15, 0.2) is 18.2 Å². The Morgan fingerprint density at radius 1 is 1.16 bits per heavy atom. The predicted octanol–water partition coefficient (Wildman–Crippen LogP) is 2.40. The number of hydrogen-bond acceptors (Lipinski definition) is 5. The lowest BCUT2D eigenvalue weighted by Crippen LogP contribution is -2.29. The van der Waals surface area contributed by atoms with Gasteiger partial charge in [-0.05, 0) is 54.7 Å². The summed E-state index contributed by atoms with van der Waals surface area (Å²) in [6.45, 7) is 0.368. The summed E-state index contributed by atoms with van der Waals surface area (Å²) in [4.78, 5) is 23.8. The molecule has 1 amide bonds. The van der Waals surface area contributed by atoms with Crippen molar-refractivity contribution in [1.29, 1.82) is 0 Å². The summed E-state index contributed by atoms with van der Waals surface area (Å²) in [6, 6.07) is 5.53. The molecule has 0 unspecified atom stereocenters. The van der Waals surface area contributed by atoms with Crippen LogP contribution in [-0.2, 0) is 20.9 Å². The number of ether oxygens (including phenoxy) is 3. The molecule has 3 aliphatic rings. The Morgan fingerprint density at radius 2 is 2.04 bits per heavy atom. The van der Waals surface area contributed by atoms with Crippen molar-refractivity contribution in [2.45, 2.75) is 38.6 Å². The highest BCUT2D eigenvalue weighted by atomic mass is 16.7. The molecule has 6 heteroatoms. The van der Waals surface area contributed by atoms with Crippen molar-refractivity contribution >= 4 is 11.9 Å². The lowest BCUT2D eigenvalue weighted by atomic mass is 9.86. The van der Waals surface area contributed by atoms with Gasteiger partial charge in [0.25, 0.3) is 5.91 Å². The number of hydrogen-bond donors (Lipinski definition) is 1. The van der Waals surface area contributed by atoms with Crippen LogP contribution in [0.5, 0.6) is 11.5 Å². The summed E-state index contributed by atoms with van der Waals surface area (Å²) in [6.07, 6.45) is 5.44. The molecule has 25 heavy (non-hydrogen) atoms. The van der Waals surface area contributed by atoms with Crippen molar-refractivity contribution in [3.63, 3.8) is 0 Å². The third-order valence-corrected chi connectivity index (χ3v) is 5.60. The SMILES string of the molecule is O=C(COC(=O)C[C@@H]1C[C@H]2CC[C@H]1C2)NCc1ccc2c(c1)OCO2. The molecule has 6 nitrogen and oxygen atoms in total. The van der Waals surface area contributed by atoms with Crippen molar-refractivity contribution in [3.05, 3.63) is 23.8 Å². The van der Waals surface area contributed by atoms with Crippen LogP contribution in [0.4, 0.5) is 0 Å². The Kier molecular flexibility index (Phi) is 4.51. The molecule has 3 atom stereocenters. The minimum atomic E-state index is -0.293. The van der Waals surface area contributed by atoms with Gasteiger partial charge in [0, 0.05) is 13.0 Å². The summed E-state index contributed by atoms with van der Waals surface area (Å²) in [5, 5.41) is 2.75. The monoisotopic (exact) mass is 345 g/mol. The summed E-state index contributed by atoms with van der Waals surface area (Å²) in [5.41, 5.74) is 0.908. The lowest BCUT2D eigenvalue weighted by Gasteiger charge is -2.20. The van der Waals surface area contributed by atoms with Crippen LogP contribution < -0.4 is 14.8 Å². The minimum absolute atomic E-state index is 0.218. The zero-order valence-electron chi connectivity index (χ0n) is 14.2. The van der Waals surface area contributed by atoms with Crippen LogP contribution in [0, 0.1) is 17.8 Å². The van der Waals surface area contributed by atoms with E-state index >= 15 is 0 Å². The van der Waals surface area contributed by atoms with E-state index in [0.717, 1.165) is 17.9 Å². The molecule has 1 N–H and O–H groups in total. The Hall–Kier alpha value is -2.24. The topological polar surface area (TPSA) is 73.9 Å². The standard InChI is InChI=1S/C19H23NO5/c21-18(20-9-13-2-4-16-17(7-13)25-11-24-16)10-23-19(22)8-15-6-12-1-3-14(15)5-12/h2,4,7,12,14-15H,1,3,5-6,8-11H2,(H,20,21)/t12-,14-,15-/m0/s1. The van der Waals surface area contributed by atoms with Gasteiger partial charge in [0.15, 0.2) is 18.1 Å². The fourth-order valence-electron chi connectivity index (χ4n) is 4.35. The van der Waals surface area contributed by atoms with Crippen molar-refractivity contribution in [2.24, 2.45) is 17.8 Å². The van der Waals surface area contributed by atoms with Gasteiger partial charge in [-0.25, -0.2) is 0 Å². The molecule has 1 aromatic rings. The Labute approximate surface area is 146 Å². The fourth-order valence-corrected chi connectivity index (χ4v) is 4.35. The van der Waals surface area contributed by atoms with Crippen LogP contribution in [0.3, 0.4) is 0 Å². The first-order valence-corrected chi connectivity index (χ1v) is 8.98. The number of rotatable bonds is 6. The smallest absolute Gasteiger partial charge is 0.306 e. The molecule has 0 spiro atoms. The number of amides is 1. The highest BCUT2D eigenvalue weighted by Crippen LogP contribution is 2.49. The molecule has 0 radical (unpaired) electrons. The minimum Gasteiger partial charge on any atom is -0.456 e. The normalized spacial score (nSPS) is 25.8. The fraction of sp³-hybridized carbons (Fsp3) is 0.579. The Bertz CT molecular complexity index is 674. The lowest BCUT2D eigenvalue weighted by molar-refractivity contribution is -0.149. The summed E-state index contributed by atoms with van der Waals surface area (Å²) < 4.78 is 15.7. The Balaban J connectivity index is 1.17. The van der Waals surface area contributed by atoms with Gasteiger partial charge in [-0.3, -0.25) is 9.59 Å². The average Bonchev–Trinajstić information content (AvgIpc) is 3.33. The van der Waals surface area contributed by atoms with Gasteiger partial charge in [-0.1, -0.05) is 12.5 Å². The second-order valence-corrected chi connectivity index (χ2v) is 7.26. The first kappa shape index (κ1) is 16.2. The number of benzene rings is 1. The molecule has 0 saturated heterocycles. The molecular weight excluding hydrogens is 322 g/mol. The molecule has 4 rings (SSSR count). The van der Waals surface area contributed by atoms with E-state index in [1.807, 2.05) is 18.2 Å². The maximum atomic E-state index is 11.9. The van der Waals surface area contributed by atoms with Crippen molar-refractivity contribution in [2.75, 3.05) is 13.4 Å². The number of carbonyl (C=O) groups excluding carboxylic acids is 2. The van der Waals surface area contributed by atoms with Gasteiger partial charge < -0.3 is 19.5 Å². The van der Waals surface area contributed by atoms with Gasteiger partial charge >= 0.3 is 5.97 Å². The molecule has 1 heterocycles. The molecule has 1 aliphatic heterocycles. The van der Waals surface area contributed by atoms with Crippen molar-refractivity contribution < 1.29 is 23.8 Å². The number of esters is 1. The van der Waals surface area contributed by atoms with E-state index in [2.05, 4.69) is 5.32 Å². The van der Waals surface area contributed by atoms with Gasteiger partial charge in [-0.2, -0.15) is 0 Å². The van der Waals surface area contributed by atoms with Crippen LogP contribution in [-0.4, -0.2) is 25.3 Å². The van der Waals surface area contributed by atoms with Crippen molar-refractivity contribution in [1.82, 2.24) is 5.32 Å². The van der Waals surface area contributed by atoms with Crippen LogP contribution in [0.1, 0.15) is 37.7 Å². The van der Waals surface area contributed by atoms with E-state index in [9.17, 15) is 9.59 Å². The van der Waals surface area contributed by atoms with Gasteiger partial charge in [0.2, 0.25) is 6.79 Å². The van der Waals surface area contributed by atoms with E-state index in [-0.39, 0.29) is 25.3 Å². The summed E-state index contributed by atoms with van der Waals surface area (Å²) in [7, 11) is 0. The predicted molar refractivity (Wildman–Crippen MR) is 88.9 cm³/mol. The van der Waals surface area contributed by atoms with E-state index in [4.69, 9.17) is 14.2 Å². The van der Waals surface area contributed by atoms with Crippen LogP contribution in [0.25, 0.3) is 0 Å². The molecule has 2 saturated carbocycles. The van der Waals surface area contributed by atoms with E-state index in [1.165, 1.54) is 19.3 Å². The van der Waals surface area contributed by atoms with E-state index in [0.29, 0.717) is 36.3 Å². The maximum Gasteiger partial charge on any atom is 0.306 e. The number of fused-ring (bicyclic) bond motifs is 3. The highest BCUT2D eigenvalue weighted by molar-refractivity contribution is 5.80. The Morgan fingerprint density at radius 3 is 2.84 bits per heavy atom. The molecule has 134 valence electrons. The molecule has 2 fully saturated rings. The zero-order chi connectivity index (χ0) is 17.2. The van der Waals surface area contributed by atoms with E-state index in [1.54, 1.807) is 0 Å². The first-order valence-electron chi connectivity index (χ1n) is 8.98. The molecule has 2 bridgehead atoms. The maximum absolute atomic E-state index is 11.9. The highest BCUT2D eigenvalue weighted by Gasteiger charge is 2.40. The van der Waals surface area contributed by atoms with Gasteiger partial charge in [0.1, 0.15) is 0 Å². The first-order chi connectivity index (χ1) is 12.2.